The van der Waals surface area contributed by atoms with Gasteiger partial charge in [-0.05, 0) is 38.7 Å². The summed E-state index contributed by atoms with van der Waals surface area (Å²) in [6.45, 7) is 6.34. The molecule has 6 nitrogen and oxygen atoms in total. The first kappa shape index (κ1) is 15.5. The predicted molar refractivity (Wildman–Crippen MR) is 78.4 cm³/mol. The zero-order chi connectivity index (χ0) is 15.4. The molecule has 1 saturated heterocycles. The number of nitrogens with one attached hydrogen (secondary N) is 1. The van der Waals surface area contributed by atoms with Crippen LogP contribution in [-0.2, 0) is 14.4 Å². The lowest BCUT2D eigenvalue weighted by molar-refractivity contribution is -0.136. The Morgan fingerprint density at radius 1 is 1.43 bits per heavy atom. The molecule has 21 heavy (non-hydrogen) atoms. The van der Waals surface area contributed by atoms with E-state index in [1.54, 1.807) is 6.92 Å². The molecule has 2 aliphatic rings. The molecular formula is C15H23N3O3. The minimum Gasteiger partial charge on any atom is -0.343 e. The minimum absolute atomic E-state index is 0.0196. The van der Waals surface area contributed by atoms with Crippen molar-refractivity contribution in [3.05, 3.63) is 12.7 Å². The molecule has 1 atom stereocenters. The molecule has 1 aliphatic carbocycles. The van der Waals surface area contributed by atoms with E-state index in [1.165, 1.54) is 17.4 Å². The Hall–Kier alpha value is -1.85. The maximum Gasteiger partial charge on any atom is 0.246 e. The molecule has 0 aromatic carbocycles. The summed E-state index contributed by atoms with van der Waals surface area (Å²) < 4.78 is 0. The molecule has 0 radical (unpaired) electrons. The number of hydrogen-bond acceptors (Lipinski definition) is 3. The van der Waals surface area contributed by atoms with Crippen molar-refractivity contribution in [1.82, 2.24) is 15.1 Å². The van der Waals surface area contributed by atoms with Gasteiger partial charge in [-0.1, -0.05) is 6.58 Å². The van der Waals surface area contributed by atoms with Gasteiger partial charge in [0, 0.05) is 19.1 Å². The first-order valence-corrected chi connectivity index (χ1v) is 7.58. The normalized spacial score (nSPS) is 21.9. The van der Waals surface area contributed by atoms with Crippen molar-refractivity contribution < 1.29 is 14.4 Å². The Kier molecular flexibility index (Phi) is 4.98. The topological polar surface area (TPSA) is 69.7 Å². The van der Waals surface area contributed by atoms with Crippen LogP contribution in [0.15, 0.2) is 12.7 Å². The van der Waals surface area contributed by atoms with Crippen molar-refractivity contribution in [2.24, 2.45) is 0 Å². The third-order valence-corrected chi connectivity index (χ3v) is 4.29. The Labute approximate surface area is 125 Å². The molecule has 2 fully saturated rings. The van der Waals surface area contributed by atoms with Gasteiger partial charge in [0.2, 0.25) is 17.7 Å². The van der Waals surface area contributed by atoms with Crippen LogP contribution in [0.1, 0.15) is 32.6 Å². The van der Waals surface area contributed by atoms with Gasteiger partial charge in [0.15, 0.2) is 0 Å². The molecule has 1 N–H and O–H groups in total. The molecule has 3 amide bonds. The van der Waals surface area contributed by atoms with Crippen LogP contribution in [0, 0.1) is 0 Å². The molecule has 2 rings (SSSR count). The number of nitrogens with zero attached hydrogens (tertiary/aromatic N) is 2. The lowest BCUT2D eigenvalue weighted by Gasteiger charge is -2.34. The Balaban J connectivity index is 1.84. The number of carbonyl (C=O) groups excluding carboxylic acids is 3. The van der Waals surface area contributed by atoms with E-state index in [9.17, 15) is 14.4 Å². The van der Waals surface area contributed by atoms with E-state index >= 15 is 0 Å². The first-order valence-electron chi connectivity index (χ1n) is 7.58. The fraction of sp³-hybridized carbons (Fsp3) is 0.667. The fourth-order valence-corrected chi connectivity index (χ4v) is 2.78. The van der Waals surface area contributed by atoms with E-state index in [1.807, 2.05) is 4.90 Å². The Morgan fingerprint density at radius 2 is 2.14 bits per heavy atom. The average molecular weight is 293 g/mol. The quantitative estimate of drug-likeness (QED) is 0.716. The molecule has 0 aromatic heterocycles. The van der Waals surface area contributed by atoms with Gasteiger partial charge in [-0.25, -0.2) is 0 Å². The highest BCUT2D eigenvalue weighted by Crippen LogP contribution is 2.28. The molecule has 0 spiro atoms. The van der Waals surface area contributed by atoms with Crippen LogP contribution in [0.4, 0.5) is 0 Å². The van der Waals surface area contributed by atoms with Gasteiger partial charge in [0.05, 0.1) is 6.54 Å². The summed E-state index contributed by atoms with van der Waals surface area (Å²) in [4.78, 5) is 39.0. The summed E-state index contributed by atoms with van der Waals surface area (Å²) in [5.74, 6) is -0.548. The number of hydrogen-bond donors (Lipinski definition) is 1. The summed E-state index contributed by atoms with van der Waals surface area (Å²) in [6.07, 6.45) is 5.17. The maximum absolute atomic E-state index is 12.2. The van der Waals surface area contributed by atoms with Crippen molar-refractivity contribution in [2.45, 2.75) is 44.7 Å². The van der Waals surface area contributed by atoms with Crippen molar-refractivity contribution in [3.63, 3.8) is 0 Å². The van der Waals surface area contributed by atoms with Crippen LogP contribution >= 0.6 is 0 Å². The van der Waals surface area contributed by atoms with E-state index in [4.69, 9.17) is 0 Å². The molecule has 0 bridgehead atoms. The second kappa shape index (κ2) is 6.74. The smallest absolute Gasteiger partial charge is 0.246 e. The Bertz CT molecular complexity index is 445. The predicted octanol–water partition coefficient (Wildman–Crippen LogP) is 0.291. The van der Waals surface area contributed by atoms with E-state index in [0.29, 0.717) is 19.0 Å². The highest BCUT2D eigenvalue weighted by atomic mass is 16.2. The molecule has 116 valence electrons. The number of carbonyl (C=O) groups is 3. The number of rotatable bonds is 6. The van der Waals surface area contributed by atoms with Gasteiger partial charge in [0.1, 0.15) is 6.04 Å². The molecule has 0 aromatic rings. The molecule has 1 unspecified atom stereocenters. The molecule has 6 heteroatoms. The van der Waals surface area contributed by atoms with Gasteiger partial charge in [0.25, 0.3) is 0 Å². The van der Waals surface area contributed by atoms with Crippen molar-refractivity contribution >= 4 is 17.7 Å². The average Bonchev–Trinajstić information content (AvgIpc) is 2.75. The van der Waals surface area contributed by atoms with E-state index in [2.05, 4.69) is 11.9 Å². The standard InChI is InChI=1S/C15H23N3O3/c1-3-14(20)17(4-2)10-13(19)16-12-8-9-18(15(12)21)11-6-5-7-11/h3,11-12H,1,4-10H2,2H3,(H,16,19). The van der Waals surface area contributed by atoms with Gasteiger partial charge in [-0.2, -0.15) is 0 Å². The van der Waals surface area contributed by atoms with Crippen LogP contribution in [0.25, 0.3) is 0 Å². The number of amides is 3. The monoisotopic (exact) mass is 293 g/mol. The Morgan fingerprint density at radius 3 is 2.67 bits per heavy atom. The summed E-state index contributed by atoms with van der Waals surface area (Å²) in [6, 6.07) is -0.0653. The van der Waals surface area contributed by atoms with E-state index < -0.39 is 6.04 Å². The van der Waals surface area contributed by atoms with Gasteiger partial charge >= 0.3 is 0 Å². The molecule has 1 heterocycles. The van der Waals surface area contributed by atoms with E-state index in [0.717, 1.165) is 19.4 Å². The van der Waals surface area contributed by atoms with Crippen LogP contribution in [0.5, 0.6) is 0 Å². The van der Waals surface area contributed by atoms with Crippen LogP contribution < -0.4 is 5.32 Å². The highest BCUT2D eigenvalue weighted by Gasteiger charge is 2.38. The zero-order valence-corrected chi connectivity index (χ0v) is 12.5. The largest absolute Gasteiger partial charge is 0.343 e. The van der Waals surface area contributed by atoms with Crippen molar-refractivity contribution in [1.29, 1.82) is 0 Å². The lowest BCUT2D eigenvalue weighted by atomic mass is 9.92. The maximum atomic E-state index is 12.2. The summed E-state index contributed by atoms with van der Waals surface area (Å²) in [7, 11) is 0. The van der Waals surface area contributed by atoms with E-state index in [-0.39, 0.29) is 24.3 Å². The van der Waals surface area contributed by atoms with Crippen LogP contribution in [0.2, 0.25) is 0 Å². The summed E-state index contributed by atoms with van der Waals surface area (Å²) >= 11 is 0. The minimum atomic E-state index is -0.435. The number of likely N-dealkylation sites (tertiary alicyclic amines) is 1. The summed E-state index contributed by atoms with van der Waals surface area (Å²) in [5, 5.41) is 2.75. The van der Waals surface area contributed by atoms with Crippen LogP contribution in [-0.4, -0.2) is 59.2 Å². The number of likely N-dealkylation sites (N-methyl/N-ethyl adjacent to an activating group) is 1. The van der Waals surface area contributed by atoms with Gasteiger partial charge < -0.3 is 15.1 Å². The van der Waals surface area contributed by atoms with Crippen molar-refractivity contribution in [2.75, 3.05) is 19.6 Å². The second-order valence-electron chi connectivity index (χ2n) is 5.58. The molecule has 1 saturated carbocycles. The van der Waals surface area contributed by atoms with Crippen LogP contribution in [0.3, 0.4) is 0 Å². The second-order valence-corrected chi connectivity index (χ2v) is 5.58. The fourth-order valence-electron chi connectivity index (χ4n) is 2.78. The first-order chi connectivity index (χ1) is 10.1. The molecule has 1 aliphatic heterocycles. The lowest BCUT2D eigenvalue weighted by Crippen LogP contribution is -2.49. The zero-order valence-electron chi connectivity index (χ0n) is 12.5. The third kappa shape index (κ3) is 3.43. The summed E-state index contributed by atoms with van der Waals surface area (Å²) in [5.41, 5.74) is 0. The van der Waals surface area contributed by atoms with Gasteiger partial charge in [-0.3, -0.25) is 14.4 Å². The highest BCUT2D eigenvalue weighted by molar-refractivity contribution is 5.93. The molecular weight excluding hydrogens is 270 g/mol. The third-order valence-electron chi connectivity index (χ3n) is 4.29. The van der Waals surface area contributed by atoms with Crippen molar-refractivity contribution in [3.8, 4) is 0 Å². The van der Waals surface area contributed by atoms with Gasteiger partial charge in [-0.15, -0.1) is 0 Å². The SMILES string of the molecule is C=CC(=O)N(CC)CC(=O)NC1CCN(C2CCC2)C1=O.